The molecule has 0 aliphatic rings. The van der Waals surface area contributed by atoms with Gasteiger partial charge in [0.15, 0.2) is 0 Å². The Labute approximate surface area is 246 Å². The van der Waals surface area contributed by atoms with Gasteiger partial charge in [0, 0.05) is 0 Å². The van der Waals surface area contributed by atoms with Crippen LogP contribution >= 0.6 is 0 Å². The molecule has 0 aromatic heterocycles. The molecule has 0 heterocycles. The zero-order chi connectivity index (χ0) is 28.2. The lowest BCUT2D eigenvalue weighted by Crippen LogP contribution is -2.55. The molecule has 0 saturated heterocycles. The van der Waals surface area contributed by atoms with Gasteiger partial charge in [-0.3, -0.25) is 0 Å². The zero-order valence-electron chi connectivity index (χ0n) is 24.5. The molecule has 41 heavy (non-hydrogen) atoms. The van der Waals surface area contributed by atoms with Crippen LogP contribution in [0.1, 0.15) is 0 Å². The Balaban J connectivity index is 1.64. The monoisotopic (exact) mass is 516 g/mol. The molecule has 0 N–H and O–H groups in total. The molecule has 0 saturated carbocycles. The van der Waals surface area contributed by atoms with Crippen molar-refractivity contribution in [3.05, 3.63) is 115 Å². The second kappa shape index (κ2) is 9.93. The molecular formula is C36H29B5. The topological polar surface area (TPSA) is 0 Å². The predicted molar refractivity (Wildman–Crippen MR) is 196 cm³/mol. The first-order valence-electron chi connectivity index (χ1n) is 14.6. The molecular weight excluding hydrogens is 486 g/mol. The summed E-state index contributed by atoms with van der Waals surface area (Å²) >= 11 is 0. The van der Waals surface area contributed by atoms with Gasteiger partial charge in [-0.2, -0.15) is 0 Å². The highest BCUT2D eigenvalue weighted by molar-refractivity contribution is 6.69. The molecule has 7 aromatic rings. The summed E-state index contributed by atoms with van der Waals surface area (Å²) in [7, 11) is 11.4. The van der Waals surface area contributed by atoms with Crippen LogP contribution in [0.2, 0.25) is 0 Å². The van der Waals surface area contributed by atoms with Crippen molar-refractivity contribution in [1.82, 2.24) is 0 Å². The Morgan fingerprint density at radius 1 is 0.268 bits per heavy atom. The highest BCUT2D eigenvalue weighted by atomic mass is 14.2. The molecule has 0 radical (unpaired) electrons. The van der Waals surface area contributed by atoms with E-state index in [-0.39, 0.29) is 0 Å². The standard InChI is InChI=1S/C36H29B5/c37-32-31(33(38)35(40)36(41)34(32)39)30-26-16-8-6-14-24(26)29(25-15-7-9-17-27(25)30)28-19-18-21(20-10-2-1-3-11-20)22-12-4-5-13-23(22)28/h1-19H,37-41H2. The van der Waals surface area contributed by atoms with E-state index < -0.39 is 0 Å². The van der Waals surface area contributed by atoms with Crippen LogP contribution in [0, 0.1) is 0 Å². The highest BCUT2D eigenvalue weighted by Gasteiger charge is 2.21. The molecule has 0 aliphatic heterocycles. The molecule has 0 spiro atoms. The molecule has 7 aromatic carbocycles. The minimum Gasteiger partial charge on any atom is -0.102 e. The van der Waals surface area contributed by atoms with Crippen molar-refractivity contribution in [1.29, 1.82) is 0 Å². The molecule has 0 aliphatic carbocycles. The third-order valence-corrected chi connectivity index (χ3v) is 9.46. The third kappa shape index (κ3) is 3.91. The summed E-state index contributed by atoms with van der Waals surface area (Å²) < 4.78 is 0. The van der Waals surface area contributed by atoms with E-state index in [1.807, 2.05) is 0 Å². The Kier molecular flexibility index (Phi) is 6.20. The number of fused-ring (bicyclic) bond motifs is 3. The van der Waals surface area contributed by atoms with Gasteiger partial charge in [0.2, 0.25) is 0 Å². The van der Waals surface area contributed by atoms with E-state index in [1.165, 1.54) is 93.0 Å². The lowest BCUT2D eigenvalue weighted by molar-refractivity contribution is 1.64. The number of hydrogen-bond acceptors (Lipinski definition) is 0. The van der Waals surface area contributed by atoms with Crippen LogP contribution in [0.4, 0.5) is 0 Å². The second-order valence-electron chi connectivity index (χ2n) is 11.4. The Morgan fingerprint density at radius 3 is 1.15 bits per heavy atom. The third-order valence-electron chi connectivity index (χ3n) is 9.46. The molecule has 0 unspecified atom stereocenters. The minimum absolute atomic E-state index is 1.25. The quantitative estimate of drug-likeness (QED) is 0.247. The van der Waals surface area contributed by atoms with Gasteiger partial charge in [-0.05, 0) is 65.7 Å². The van der Waals surface area contributed by atoms with Crippen LogP contribution in [-0.2, 0) is 0 Å². The van der Waals surface area contributed by atoms with E-state index in [9.17, 15) is 0 Å². The maximum absolute atomic E-state index is 2.34. The van der Waals surface area contributed by atoms with Gasteiger partial charge in [-0.25, -0.2) is 0 Å². The van der Waals surface area contributed by atoms with Crippen molar-refractivity contribution in [2.24, 2.45) is 0 Å². The number of benzene rings is 7. The SMILES string of the molecule is Bc1c(B)c(B)c(-c2c3ccccc3c(-c3ccc(-c4ccccc4)c4ccccc34)c3ccccc23)c(B)c1B. The van der Waals surface area contributed by atoms with Gasteiger partial charge < -0.3 is 0 Å². The minimum atomic E-state index is 1.25. The zero-order valence-corrected chi connectivity index (χ0v) is 24.5. The first-order chi connectivity index (χ1) is 20.0. The van der Waals surface area contributed by atoms with Crippen molar-refractivity contribution in [3.63, 3.8) is 0 Å². The largest absolute Gasteiger partial charge is 0.139 e. The van der Waals surface area contributed by atoms with Gasteiger partial charge in [0.05, 0.1) is 0 Å². The van der Waals surface area contributed by atoms with Crippen molar-refractivity contribution in [2.75, 3.05) is 0 Å². The summed E-state index contributed by atoms with van der Waals surface area (Å²) in [6.45, 7) is 0. The summed E-state index contributed by atoms with van der Waals surface area (Å²) in [5, 5.41) is 7.79. The smallest absolute Gasteiger partial charge is 0.102 e. The fourth-order valence-corrected chi connectivity index (χ4v) is 6.95. The average molecular weight is 516 g/mol. The van der Waals surface area contributed by atoms with E-state index >= 15 is 0 Å². The van der Waals surface area contributed by atoms with Gasteiger partial charge in [-0.15, -0.1) is 16.4 Å². The molecule has 0 amide bonds. The van der Waals surface area contributed by atoms with Gasteiger partial charge in [0.25, 0.3) is 0 Å². The Hall–Kier alpha value is -4.36. The van der Waals surface area contributed by atoms with Crippen molar-refractivity contribution in [2.45, 2.75) is 0 Å². The van der Waals surface area contributed by atoms with Crippen LogP contribution in [-0.4, -0.2) is 39.2 Å². The maximum Gasteiger partial charge on any atom is 0.139 e. The van der Waals surface area contributed by atoms with Crippen molar-refractivity contribution in [3.8, 4) is 33.4 Å². The van der Waals surface area contributed by atoms with Crippen molar-refractivity contribution < 1.29 is 0 Å². The lowest BCUT2D eigenvalue weighted by Gasteiger charge is -2.25. The summed E-state index contributed by atoms with van der Waals surface area (Å²) in [5.41, 5.74) is 14.8. The lowest BCUT2D eigenvalue weighted by atomic mass is 9.59. The molecule has 0 atom stereocenters. The van der Waals surface area contributed by atoms with E-state index in [0.717, 1.165) is 0 Å². The molecule has 0 fully saturated rings. The first kappa shape index (κ1) is 25.6. The predicted octanol–water partition coefficient (Wildman–Crippen LogP) is 1.44. The molecule has 5 heteroatoms. The summed E-state index contributed by atoms with van der Waals surface area (Å²) in [6.07, 6.45) is 0. The fourth-order valence-electron chi connectivity index (χ4n) is 6.95. The summed E-state index contributed by atoms with van der Waals surface area (Å²) in [6, 6.07) is 42.3. The summed E-state index contributed by atoms with van der Waals surface area (Å²) in [4.78, 5) is 0. The fraction of sp³-hybridized carbons (Fsp3) is 0. The van der Waals surface area contributed by atoms with E-state index in [1.54, 1.807) is 0 Å². The van der Waals surface area contributed by atoms with Crippen LogP contribution in [0.15, 0.2) is 115 Å². The number of hydrogen-bond donors (Lipinski definition) is 0. The Morgan fingerprint density at radius 2 is 0.634 bits per heavy atom. The van der Waals surface area contributed by atoms with Crippen LogP contribution in [0.3, 0.4) is 0 Å². The normalized spacial score (nSPS) is 11.4. The second-order valence-corrected chi connectivity index (χ2v) is 11.4. The van der Waals surface area contributed by atoms with E-state index in [2.05, 4.69) is 154 Å². The molecule has 0 bridgehead atoms. The van der Waals surface area contributed by atoms with Crippen molar-refractivity contribution >= 4 is 98.9 Å². The van der Waals surface area contributed by atoms with Crippen LogP contribution < -0.4 is 27.3 Å². The van der Waals surface area contributed by atoms with Gasteiger partial charge in [-0.1, -0.05) is 126 Å². The van der Waals surface area contributed by atoms with Crippen LogP contribution in [0.5, 0.6) is 0 Å². The maximum atomic E-state index is 2.34. The summed E-state index contributed by atoms with van der Waals surface area (Å²) in [5.74, 6) is 0. The Bertz CT molecular complexity index is 2060. The highest BCUT2D eigenvalue weighted by Crippen LogP contribution is 2.45. The van der Waals surface area contributed by atoms with Gasteiger partial charge in [0.1, 0.15) is 39.2 Å². The first-order valence-corrected chi connectivity index (χ1v) is 14.6. The number of rotatable bonds is 3. The molecule has 188 valence electrons. The molecule has 7 rings (SSSR count). The van der Waals surface area contributed by atoms with E-state index in [4.69, 9.17) is 0 Å². The molecule has 0 nitrogen and oxygen atoms in total. The van der Waals surface area contributed by atoms with Gasteiger partial charge >= 0.3 is 0 Å². The van der Waals surface area contributed by atoms with Crippen LogP contribution in [0.25, 0.3) is 65.7 Å². The van der Waals surface area contributed by atoms with E-state index in [0.29, 0.717) is 0 Å². The average Bonchev–Trinajstić information content (AvgIpc) is 3.02.